The molecule has 4 heteroatoms. The molecule has 0 unspecified atom stereocenters. The van der Waals surface area contributed by atoms with Crippen LogP contribution in [-0.2, 0) is 0 Å². The minimum atomic E-state index is -0.540. The quantitative estimate of drug-likeness (QED) is 0.631. The second-order valence-corrected chi connectivity index (χ2v) is 3.82. The lowest BCUT2D eigenvalue weighted by molar-refractivity contribution is 0.302. The van der Waals surface area contributed by atoms with Crippen molar-refractivity contribution in [2.75, 3.05) is 0 Å². The summed E-state index contributed by atoms with van der Waals surface area (Å²) in [6.45, 7) is 0. The maximum absolute atomic E-state index is 9.80. The molecule has 0 fully saturated rings. The highest BCUT2D eigenvalue weighted by molar-refractivity contribution is 5.97. The molecule has 0 bridgehead atoms. The fourth-order valence-corrected chi connectivity index (χ4v) is 1.85. The molecule has 1 aromatic rings. The normalized spacial score (nSPS) is 10.7. The summed E-state index contributed by atoms with van der Waals surface area (Å²) in [7, 11) is 0. The fourth-order valence-electron chi connectivity index (χ4n) is 1.85. The Morgan fingerprint density at radius 3 is 2.44 bits per heavy atom. The molecule has 1 aliphatic heterocycles. The molecule has 0 saturated carbocycles. The molecule has 90 valence electrons. The zero-order chi connectivity index (χ0) is 12.5. The predicted octanol–water partition coefficient (Wildman–Crippen LogP) is 3.67. The molecule has 2 aliphatic rings. The third kappa shape index (κ3) is 1.55. The van der Waals surface area contributed by atoms with Gasteiger partial charge in [0.1, 0.15) is 11.6 Å². The van der Waals surface area contributed by atoms with Crippen molar-refractivity contribution in [1.29, 1.82) is 0 Å². The number of rotatable bonds is 0. The SMILES string of the molecule is Oc1oc2occ3cccccccc-3c2c1O. The Morgan fingerprint density at radius 2 is 1.61 bits per heavy atom. The van der Waals surface area contributed by atoms with E-state index in [1.807, 2.05) is 42.5 Å². The summed E-state index contributed by atoms with van der Waals surface area (Å²) in [6, 6.07) is 13.0. The molecular formula is C14H10O4. The smallest absolute Gasteiger partial charge is 0.329 e. The number of furan rings is 1. The van der Waals surface area contributed by atoms with Gasteiger partial charge >= 0.3 is 11.7 Å². The van der Waals surface area contributed by atoms with Gasteiger partial charge in [-0.3, -0.25) is 0 Å². The van der Waals surface area contributed by atoms with E-state index < -0.39 is 5.95 Å². The van der Waals surface area contributed by atoms with Crippen LogP contribution in [0.4, 0.5) is 0 Å². The first kappa shape index (κ1) is 10.5. The minimum absolute atomic E-state index is 0.0917. The highest BCUT2D eigenvalue weighted by Crippen LogP contribution is 2.42. The van der Waals surface area contributed by atoms with Crippen molar-refractivity contribution in [3.05, 3.63) is 48.7 Å². The molecule has 0 aromatic carbocycles. The van der Waals surface area contributed by atoms with Gasteiger partial charge in [0.15, 0.2) is 0 Å². The molecular weight excluding hydrogens is 232 g/mol. The highest BCUT2D eigenvalue weighted by Gasteiger charge is 2.19. The largest absolute Gasteiger partial charge is 0.501 e. The van der Waals surface area contributed by atoms with Crippen LogP contribution in [0, 0.1) is 0 Å². The van der Waals surface area contributed by atoms with Crippen molar-refractivity contribution in [1.82, 2.24) is 0 Å². The molecule has 0 radical (unpaired) electrons. The Labute approximate surface area is 102 Å². The van der Waals surface area contributed by atoms with Crippen LogP contribution in [0.2, 0.25) is 0 Å². The van der Waals surface area contributed by atoms with Crippen molar-refractivity contribution in [2.45, 2.75) is 0 Å². The van der Waals surface area contributed by atoms with E-state index in [0.29, 0.717) is 5.39 Å². The van der Waals surface area contributed by atoms with Gasteiger partial charge in [-0.2, -0.15) is 0 Å². The summed E-state index contributed by atoms with van der Waals surface area (Å²) >= 11 is 0. The van der Waals surface area contributed by atoms with Crippen molar-refractivity contribution >= 4 is 11.2 Å². The monoisotopic (exact) mass is 242 g/mol. The number of hydrogen-bond donors (Lipinski definition) is 2. The lowest BCUT2D eigenvalue weighted by Gasteiger charge is -2.01. The second-order valence-electron chi connectivity index (χ2n) is 3.82. The highest BCUT2D eigenvalue weighted by atomic mass is 16.5. The maximum Gasteiger partial charge on any atom is 0.329 e. The Hall–Kier alpha value is -2.62. The van der Waals surface area contributed by atoms with E-state index in [0.717, 1.165) is 11.1 Å². The van der Waals surface area contributed by atoms with Gasteiger partial charge in [-0.05, 0) is 0 Å². The molecule has 0 spiro atoms. The summed E-state index contributed by atoms with van der Waals surface area (Å²) in [5.41, 5.74) is 1.52. The zero-order valence-corrected chi connectivity index (χ0v) is 9.33. The first-order valence-electron chi connectivity index (χ1n) is 5.41. The molecule has 2 heterocycles. The molecule has 18 heavy (non-hydrogen) atoms. The van der Waals surface area contributed by atoms with Crippen LogP contribution >= 0.6 is 0 Å². The zero-order valence-electron chi connectivity index (χ0n) is 9.33. The summed E-state index contributed by atoms with van der Waals surface area (Å²) in [5.74, 6) is -0.758. The maximum atomic E-state index is 9.80. The first-order valence-corrected chi connectivity index (χ1v) is 5.41. The number of fused-ring (bicyclic) bond motifs is 3. The van der Waals surface area contributed by atoms with Gasteiger partial charge in [-0.1, -0.05) is 42.5 Å². The van der Waals surface area contributed by atoms with Gasteiger partial charge in [0.25, 0.3) is 0 Å². The lowest BCUT2D eigenvalue weighted by Crippen LogP contribution is -1.77. The van der Waals surface area contributed by atoms with E-state index in [2.05, 4.69) is 0 Å². The molecule has 4 nitrogen and oxygen atoms in total. The van der Waals surface area contributed by atoms with Gasteiger partial charge in [-0.25, -0.2) is 0 Å². The molecule has 1 aliphatic carbocycles. The van der Waals surface area contributed by atoms with E-state index in [1.165, 1.54) is 6.26 Å². The average molecular weight is 242 g/mol. The summed E-state index contributed by atoms with van der Waals surface area (Å²) in [4.78, 5) is 0. The Kier molecular flexibility index (Phi) is 2.34. The Morgan fingerprint density at radius 1 is 0.889 bits per heavy atom. The van der Waals surface area contributed by atoms with Crippen LogP contribution in [0.15, 0.2) is 57.6 Å². The van der Waals surface area contributed by atoms with Crippen LogP contribution in [0.5, 0.6) is 11.7 Å². The minimum Gasteiger partial charge on any atom is -0.501 e. The standard InChI is InChI=1S/C14H10O4/c15-12-11-10-7-5-3-1-2-4-6-9(10)8-17-14(11)18-13(12)16/h1-8,15-16H. The summed E-state index contributed by atoms with van der Waals surface area (Å²) < 4.78 is 10.2. The molecule has 3 rings (SSSR count). The summed E-state index contributed by atoms with van der Waals surface area (Å²) in [6.07, 6.45) is 1.51. The van der Waals surface area contributed by atoms with Gasteiger partial charge in [0.2, 0.25) is 5.75 Å². The first-order chi connectivity index (χ1) is 8.77. The van der Waals surface area contributed by atoms with Crippen LogP contribution in [-0.4, -0.2) is 10.2 Å². The third-order valence-electron chi connectivity index (χ3n) is 2.69. The van der Waals surface area contributed by atoms with E-state index in [-0.39, 0.29) is 11.5 Å². The van der Waals surface area contributed by atoms with Crippen LogP contribution in [0.3, 0.4) is 0 Å². The molecule has 0 saturated heterocycles. The van der Waals surface area contributed by atoms with Crippen LogP contribution < -0.4 is 0 Å². The molecule has 0 atom stereocenters. The van der Waals surface area contributed by atoms with Crippen LogP contribution in [0.25, 0.3) is 22.3 Å². The second kappa shape index (κ2) is 4.00. The van der Waals surface area contributed by atoms with E-state index >= 15 is 0 Å². The van der Waals surface area contributed by atoms with Gasteiger partial charge in [0, 0.05) is 11.1 Å². The van der Waals surface area contributed by atoms with Crippen molar-refractivity contribution in [2.24, 2.45) is 0 Å². The van der Waals surface area contributed by atoms with Crippen LogP contribution in [0.1, 0.15) is 0 Å². The fraction of sp³-hybridized carbons (Fsp3) is 0. The van der Waals surface area contributed by atoms with Crippen molar-refractivity contribution in [3.8, 4) is 22.8 Å². The van der Waals surface area contributed by atoms with Crippen molar-refractivity contribution in [3.63, 3.8) is 0 Å². The predicted molar refractivity (Wildman–Crippen MR) is 66.1 cm³/mol. The average Bonchev–Trinajstić information content (AvgIpc) is 2.71. The third-order valence-corrected chi connectivity index (χ3v) is 2.69. The van der Waals surface area contributed by atoms with Crippen molar-refractivity contribution < 1.29 is 19.0 Å². The lowest BCUT2D eigenvalue weighted by atomic mass is 10.1. The van der Waals surface area contributed by atoms with Gasteiger partial charge in [-0.15, -0.1) is 0 Å². The van der Waals surface area contributed by atoms with Gasteiger partial charge in [0.05, 0.1) is 0 Å². The van der Waals surface area contributed by atoms with E-state index in [1.54, 1.807) is 0 Å². The molecule has 0 amide bonds. The van der Waals surface area contributed by atoms with Gasteiger partial charge < -0.3 is 19.0 Å². The van der Waals surface area contributed by atoms with E-state index in [9.17, 15) is 10.2 Å². The Bertz CT molecular complexity index is 722. The Balaban J connectivity index is 2.49. The summed E-state index contributed by atoms with van der Waals surface area (Å²) in [5, 5.41) is 19.5. The molecule has 2 N–H and O–H groups in total. The number of aromatic hydroxyl groups is 2. The topological polar surface area (TPSA) is 66.7 Å². The molecule has 1 aromatic heterocycles. The van der Waals surface area contributed by atoms with E-state index in [4.69, 9.17) is 8.83 Å². The number of hydrogen-bond acceptors (Lipinski definition) is 4.